The Morgan fingerprint density at radius 2 is 2.14 bits per heavy atom. The van der Waals surface area contributed by atoms with Gasteiger partial charge in [0.1, 0.15) is 11.9 Å². The van der Waals surface area contributed by atoms with E-state index in [2.05, 4.69) is 11.9 Å². The van der Waals surface area contributed by atoms with Gasteiger partial charge in [0, 0.05) is 12.7 Å². The smallest absolute Gasteiger partial charge is 0.257 e. The van der Waals surface area contributed by atoms with E-state index >= 15 is 0 Å². The Morgan fingerprint density at radius 1 is 1.45 bits per heavy atom. The van der Waals surface area contributed by atoms with Crippen molar-refractivity contribution in [3.8, 4) is 0 Å². The molecule has 0 spiro atoms. The molecule has 0 aromatic heterocycles. The number of nitrogens with one attached hydrogen (secondary N) is 1. The molecule has 118 valence electrons. The third-order valence-corrected chi connectivity index (χ3v) is 4.00. The van der Waals surface area contributed by atoms with E-state index in [9.17, 15) is 14.0 Å². The van der Waals surface area contributed by atoms with Crippen molar-refractivity contribution < 1.29 is 14.0 Å². The molecule has 0 radical (unpaired) electrons. The zero-order valence-electron chi connectivity index (χ0n) is 13.1. The van der Waals surface area contributed by atoms with Crippen molar-refractivity contribution in [2.75, 3.05) is 7.05 Å². The molecule has 1 aliphatic rings. The van der Waals surface area contributed by atoms with E-state index in [1.807, 2.05) is 13.8 Å². The number of allylic oxidation sites excluding steroid dienone is 1. The summed E-state index contributed by atoms with van der Waals surface area (Å²) < 4.78 is 14.2. The summed E-state index contributed by atoms with van der Waals surface area (Å²) in [6, 6.07) is 4.03. The van der Waals surface area contributed by atoms with Crippen LogP contribution in [0.15, 0.2) is 30.5 Å². The number of carbonyl (C=O) groups excluding carboxylic acids is 2. The highest BCUT2D eigenvalue weighted by Gasteiger charge is 2.31. The summed E-state index contributed by atoms with van der Waals surface area (Å²) in [5, 5.41) is 2.63. The summed E-state index contributed by atoms with van der Waals surface area (Å²) >= 11 is 0. The average molecular weight is 304 g/mol. The zero-order valence-corrected chi connectivity index (χ0v) is 13.1. The number of piperidine rings is 1. The Morgan fingerprint density at radius 3 is 2.68 bits per heavy atom. The summed E-state index contributed by atoms with van der Waals surface area (Å²) in [5.74, 6) is -1.12. The maximum absolute atomic E-state index is 14.2. The highest BCUT2D eigenvalue weighted by Crippen LogP contribution is 2.21. The Balaban J connectivity index is 2.20. The fourth-order valence-corrected chi connectivity index (χ4v) is 2.53. The fraction of sp³-hybridized carbons (Fsp3) is 0.412. The van der Waals surface area contributed by atoms with Crippen LogP contribution in [0.25, 0.3) is 0 Å². The van der Waals surface area contributed by atoms with Crippen LogP contribution in [0.4, 0.5) is 4.39 Å². The minimum absolute atomic E-state index is 0.0101. The zero-order chi connectivity index (χ0) is 16.4. The summed E-state index contributed by atoms with van der Waals surface area (Å²) in [5.41, 5.74) is 1.47. The molecule has 22 heavy (non-hydrogen) atoms. The number of hydrogen-bond acceptors (Lipinski definition) is 2. The second-order valence-corrected chi connectivity index (χ2v) is 5.96. The second kappa shape index (κ2) is 6.30. The lowest BCUT2D eigenvalue weighted by Gasteiger charge is -2.31. The predicted octanol–water partition coefficient (Wildman–Crippen LogP) is 2.81. The van der Waals surface area contributed by atoms with Gasteiger partial charge < -0.3 is 10.2 Å². The number of nitrogens with zero attached hydrogens (tertiary/aromatic N) is 1. The van der Waals surface area contributed by atoms with Crippen LogP contribution in [0.5, 0.6) is 0 Å². The van der Waals surface area contributed by atoms with Crippen LogP contribution in [-0.2, 0) is 4.79 Å². The standard InChI is InChI=1S/C17H21FN2O2/c1-10(2)12-6-7-13(14(18)9-12)17(22)20(4)15-8-5-11(3)19-16(15)21/h6-7,9-10,15H,3,5,8H2,1-2,4H3,(H,19,21). The highest BCUT2D eigenvalue weighted by molar-refractivity contribution is 5.98. The monoisotopic (exact) mass is 304 g/mol. The van der Waals surface area contributed by atoms with Gasteiger partial charge in [-0.05, 0) is 36.5 Å². The number of likely N-dealkylation sites (N-methyl/N-ethyl adjacent to an activating group) is 1. The van der Waals surface area contributed by atoms with E-state index in [-0.39, 0.29) is 17.4 Å². The topological polar surface area (TPSA) is 49.4 Å². The molecule has 1 aromatic carbocycles. The Kier molecular flexibility index (Phi) is 4.64. The lowest BCUT2D eigenvalue weighted by molar-refractivity contribution is -0.125. The van der Waals surface area contributed by atoms with Crippen molar-refractivity contribution in [1.29, 1.82) is 0 Å². The molecule has 0 bridgehead atoms. The third kappa shape index (κ3) is 3.18. The van der Waals surface area contributed by atoms with Crippen LogP contribution in [0.1, 0.15) is 48.5 Å². The summed E-state index contributed by atoms with van der Waals surface area (Å²) in [6.45, 7) is 7.63. The Bertz CT molecular complexity index is 625. The van der Waals surface area contributed by atoms with Crippen molar-refractivity contribution in [1.82, 2.24) is 10.2 Å². The van der Waals surface area contributed by atoms with Gasteiger partial charge in [0.25, 0.3) is 5.91 Å². The van der Waals surface area contributed by atoms with E-state index in [0.29, 0.717) is 18.5 Å². The largest absolute Gasteiger partial charge is 0.330 e. The molecule has 1 heterocycles. The first-order valence-electron chi connectivity index (χ1n) is 7.36. The molecule has 1 unspecified atom stereocenters. The predicted molar refractivity (Wildman–Crippen MR) is 82.9 cm³/mol. The molecule has 2 rings (SSSR count). The molecular formula is C17H21FN2O2. The fourth-order valence-electron chi connectivity index (χ4n) is 2.53. The van der Waals surface area contributed by atoms with E-state index < -0.39 is 17.8 Å². The molecule has 1 fully saturated rings. The third-order valence-electron chi connectivity index (χ3n) is 4.00. The summed E-state index contributed by atoms with van der Waals surface area (Å²) in [4.78, 5) is 25.7. The van der Waals surface area contributed by atoms with Gasteiger partial charge in [-0.25, -0.2) is 4.39 Å². The normalized spacial score (nSPS) is 18.3. The van der Waals surface area contributed by atoms with Crippen LogP contribution in [0, 0.1) is 5.82 Å². The summed E-state index contributed by atoms with van der Waals surface area (Å²) in [6.07, 6.45) is 1.11. The molecule has 1 aromatic rings. The Hall–Kier alpha value is -2.17. The number of carbonyl (C=O) groups is 2. The molecule has 4 nitrogen and oxygen atoms in total. The van der Waals surface area contributed by atoms with Gasteiger partial charge in [0.2, 0.25) is 5.91 Å². The maximum atomic E-state index is 14.2. The number of amides is 2. The van der Waals surface area contributed by atoms with Gasteiger partial charge in [0.15, 0.2) is 0 Å². The molecule has 1 saturated heterocycles. The van der Waals surface area contributed by atoms with Crippen LogP contribution in [0.3, 0.4) is 0 Å². The highest BCUT2D eigenvalue weighted by atomic mass is 19.1. The van der Waals surface area contributed by atoms with Crippen LogP contribution >= 0.6 is 0 Å². The van der Waals surface area contributed by atoms with Gasteiger partial charge in [-0.15, -0.1) is 0 Å². The van der Waals surface area contributed by atoms with Crippen LogP contribution in [0.2, 0.25) is 0 Å². The molecule has 2 amide bonds. The first-order valence-corrected chi connectivity index (χ1v) is 7.36. The van der Waals surface area contributed by atoms with Crippen LogP contribution < -0.4 is 5.32 Å². The average Bonchev–Trinajstić information content (AvgIpc) is 2.45. The second-order valence-electron chi connectivity index (χ2n) is 5.96. The van der Waals surface area contributed by atoms with Crippen molar-refractivity contribution in [3.63, 3.8) is 0 Å². The number of benzene rings is 1. The number of rotatable bonds is 3. The molecule has 1 N–H and O–H groups in total. The van der Waals surface area contributed by atoms with Gasteiger partial charge in [0.05, 0.1) is 5.56 Å². The van der Waals surface area contributed by atoms with Crippen molar-refractivity contribution in [2.24, 2.45) is 0 Å². The molecule has 1 aliphatic heterocycles. The summed E-state index contributed by atoms with van der Waals surface area (Å²) in [7, 11) is 1.52. The molecule has 0 aliphatic carbocycles. The van der Waals surface area contributed by atoms with Crippen molar-refractivity contribution in [3.05, 3.63) is 47.4 Å². The number of hydrogen-bond donors (Lipinski definition) is 1. The van der Waals surface area contributed by atoms with Gasteiger partial charge >= 0.3 is 0 Å². The number of halogens is 1. The van der Waals surface area contributed by atoms with Gasteiger partial charge in [-0.1, -0.05) is 26.5 Å². The molecule has 0 saturated carbocycles. The molecular weight excluding hydrogens is 283 g/mol. The molecule has 1 atom stereocenters. The lowest BCUT2D eigenvalue weighted by Crippen LogP contribution is -2.50. The van der Waals surface area contributed by atoms with Gasteiger partial charge in [-0.3, -0.25) is 9.59 Å². The molecule has 5 heteroatoms. The maximum Gasteiger partial charge on any atom is 0.257 e. The van der Waals surface area contributed by atoms with Crippen LogP contribution in [-0.4, -0.2) is 29.8 Å². The first kappa shape index (κ1) is 16.2. The first-order chi connectivity index (χ1) is 10.3. The van der Waals surface area contributed by atoms with Gasteiger partial charge in [-0.2, -0.15) is 0 Å². The van der Waals surface area contributed by atoms with Crippen molar-refractivity contribution in [2.45, 2.75) is 38.6 Å². The van der Waals surface area contributed by atoms with E-state index in [4.69, 9.17) is 0 Å². The van der Waals surface area contributed by atoms with Crippen molar-refractivity contribution >= 4 is 11.8 Å². The van der Waals surface area contributed by atoms with E-state index in [1.54, 1.807) is 6.07 Å². The SMILES string of the molecule is C=C1CCC(N(C)C(=O)c2ccc(C(C)C)cc2F)C(=O)N1. The minimum Gasteiger partial charge on any atom is -0.330 e. The minimum atomic E-state index is -0.595. The lowest BCUT2D eigenvalue weighted by atomic mass is 9.99. The van der Waals surface area contributed by atoms with E-state index in [0.717, 1.165) is 5.56 Å². The van der Waals surface area contributed by atoms with E-state index in [1.165, 1.54) is 24.1 Å². The Labute approximate surface area is 130 Å². The quantitative estimate of drug-likeness (QED) is 0.933.